The number of benzene rings is 1. The minimum absolute atomic E-state index is 0.0117. The van der Waals surface area contributed by atoms with Crippen LogP contribution in [0.5, 0.6) is 11.5 Å². The number of ether oxygens (including phenoxy) is 2. The molecule has 2 rings (SSSR count). The molecule has 98 valence electrons. The first-order valence-corrected chi connectivity index (χ1v) is 6.69. The van der Waals surface area contributed by atoms with E-state index in [2.05, 4.69) is 6.92 Å². The second kappa shape index (κ2) is 6.43. The van der Waals surface area contributed by atoms with E-state index in [1.165, 1.54) is 0 Å². The van der Waals surface area contributed by atoms with Crippen molar-refractivity contribution >= 4 is 5.78 Å². The lowest BCUT2D eigenvalue weighted by Gasteiger charge is -2.23. The van der Waals surface area contributed by atoms with Crippen molar-refractivity contribution in [2.45, 2.75) is 45.1 Å². The van der Waals surface area contributed by atoms with Crippen LogP contribution in [0.15, 0.2) is 24.3 Å². The van der Waals surface area contributed by atoms with E-state index >= 15 is 0 Å². The van der Waals surface area contributed by atoms with Crippen LogP contribution >= 0.6 is 0 Å². The average Bonchev–Trinajstić information content (AvgIpc) is 2.38. The first-order valence-electron chi connectivity index (χ1n) is 6.69. The fourth-order valence-corrected chi connectivity index (χ4v) is 2.14. The molecule has 0 radical (unpaired) electrons. The fraction of sp³-hybridized carbons (Fsp3) is 0.533. The molecule has 0 saturated heterocycles. The lowest BCUT2D eigenvalue weighted by atomic mass is 9.96. The average molecular weight is 248 g/mol. The minimum atomic E-state index is 0.0117. The first kappa shape index (κ1) is 12.9. The molecule has 1 aliphatic carbocycles. The monoisotopic (exact) mass is 248 g/mol. The number of rotatable bonds is 5. The van der Waals surface area contributed by atoms with Gasteiger partial charge in [0, 0.05) is 12.8 Å². The van der Waals surface area contributed by atoms with Crippen LogP contribution in [-0.4, -0.2) is 18.5 Å². The van der Waals surface area contributed by atoms with Crippen molar-refractivity contribution in [1.82, 2.24) is 0 Å². The molecule has 0 heterocycles. The summed E-state index contributed by atoms with van der Waals surface area (Å²) >= 11 is 0. The van der Waals surface area contributed by atoms with Gasteiger partial charge in [0.15, 0.2) is 11.5 Å². The summed E-state index contributed by atoms with van der Waals surface area (Å²) in [7, 11) is 0. The van der Waals surface area contributed by atoms with Gasteiger partial charge in [0.25, 0.3) is 0 Å². The lowest BCUT2D eigenvalue weighted by molar-refractivity contribution is -0.122. The topological polar surface area (TPSA) is 35.5 Å². The molecule has 3 nitrogen and oxygen atoms in total. The number of Topliss-reactive ketones (excluding diaryl/α,β-unsaturated/α-hetero) is 1. The molecular weight excluding hydrogens is 228 g/mol. The molecule has 1 atom stereocenters. The predicted octanol–water partition coefficient (Wildman–Crippen LogP) is 3.37. The van der Waals surface area contributed by atoms with Crippen molar-refractivity contribution in [3.63, 3.8) is 0 Å². The molecule has 1 aliphatic rings. The summed E-state index contributed by atoms with van der Waals surface area (Å²) in [6.07, 6.45) is 4.10. The van der Waals surface area contributed by atoms with Crippen molar-refractivity contribution < 1.29 is 14.3 Å². The van der Waals surface area contributed by atoms with E-state index < -0.39 is 0 Å². The quantitative estimate of drug-likeness (QED) is 0.801. The third kappa shape index (κ3) is 3.49. The van der Waals surface area contributed by atoms with Gasteiger partial charge in [-0.2, -0.15) is 0 Å². The highest BCUT2D eigenvalue weighted by Gasteiger charge is 2.21. The Bertz CT molecular complexity index is 400. The van der Waals surface area contributed by atoms with Crippen molar-refractivity contribution in [3.05, 3.63) is 24.3 Å². The van der Waals surface area contributed by atoms with Gasteiger partial charge in [-0.25, -0.2) is 0 Å². The maximum Gasteiger partial charge on any atom is 0.161 e. The van der Waals surface area contributed by atoms with Gasteiger partial charge in [-0.05, 0) is 31.4 Å². The van der Waals surface area contributed by atoms with E-state index in [1.807, 2.05) is 24.3 Å². The normalized spacial score (nSPS) is 19.6. The largest absolute Gasteiger partial charge is 0.490 e. The maximum absolute atomic E-state index is 11.4. The van der Waals surface area contributed by atoms with E-state index in [9.17, 15) is 4.79 Å². The van der Waals surface area contributed by atoms with Gasteiger partial charge in [0.05, 0.1) is 6.61 Å². The molecule has 0 aliphatic heterocycles. The molecule has 0 aromatic heterocycles. The molecule has 1 aromatic carbocycles. The van der Waals surface area contributed by atoms with Gasteiger partial charge in [-0.1, -0.05) is 19.1 Å². The zero-order chi connectivity index (χ0) is 12.8. The smallest absolute Gasteiger partial charge is 0.161 e. The summed E-state index contributed by atoms with van der Waals surface area (Å²) in [4.78, 5) is 11.4. The number of carbonyl (C=O) groups excluding carboxylic acids is 1. The summed E-state index contributed by atoms with van der Waals surface area (Å²) in [5, 5.41) is 0. The summed E-state index contributed by atoms with van der Waals surface area (Å²) in [5.41, 5.74) is 0. The molecule has 1 saturated carbocycles. The van der Waals surface area contributed by atoms with Crippen LogP contribution in [0.25, 0.3) is 0 Å². The number of para-hydroxylation sites is 2. The fourth-order valence-electron chi connectivity index (χ4n) is 2.14. The Morgan fingerprint density at radius 2 is 2.06 bits per heavy atom. The zero-order valence-electron chi connectivity index (χ0n) is 10.9. The van der Waals surface area contributed by atoms with Crippen molar-refractivity contribution in [1.29, 1.82) is 0 Å². The Morgan fingerprint density at radius 1 is 1.28 bits per heavy atom. The Balaban J connectivity index is 2.01. The molecule has 0 amide bonds. The Morgan fingerprint density at radius 3 is 2.78 bits per heavy atom. The van der Waals surface area contributed by atoms with Gasteiger partial charge >= 0.3 is 0 Å². The van der Waals surface area contributed by atoms with Crippen molar-refractivity contribution in [2.24, 2.45) is 0 Å². The van der Waals surface area contributed by atoms with Crippen LogP contribution in [0.3, 0.4) is 0 Å². The summed E-state index contributed by atoms with van der Waals surface area (Å²) in [5.74, 6) is 1.83. The molecule has 0 spiro atoms. The van der Waals surface area contributed by atoms with Crippen LogP contribution in [0.2, 0.25) is 0 Å². The second-order valence-electron chi connectivity index (χ2n) is 4.67. The highest BCUT2D eigenvalue weighted by molar-refractivity contribution is 5.79. The third-order valence-electron chi connectivity index (χ3n) is 3.04. The zero-order valence-corrected chi connectivity index (χ0v) is 10.9. The number of hydrogen-bond acceptors (Lipinski definition) is 3. The molecular formula is C15H20O3. The highest BCUT2D eigenvalue weighted by Crippen LogP contribution is 2.30. The van der Waals surface area contributed by atoms with Gasteiger partial charge in [-0.15, -0.1) is 0 Å². The van der Waals surface area contributed by atoms with Crippen LogP contribution in [-0.2, 0) is 4.79 Å². The number of carbonyl (C=O) groups is 1. The van der Waals surface area contributed by atoms with Crippen molar-refractivity contribution in [2.75, 3.05) is 6.61 Å². The van der Waals surface area contributed by atoms with Crippen molar-refractivity contribution in [3.8, 4) is 11.5 Å². The van der Waals surface area contributed by atoms with E-state index in [-0.39, 0.29) is 6.10 Å². The Kier molecular flexibility index (Phi) is 4.62. The van der Waals surface area contributed by atoms with Gasteiger partial charge in [-0.3, -0.25) is 4.79 Å². The summed E-state index contributed by atoms with van der Waals surface area (Å²) in [6.45, 7) is 2.76. The third-order valence-corrected chi connectivity index (χ3v) is 3.04. The van der Waals surface area contributed by atoms with Gasteiger partial charge in [0.1, 0.15) is 11.9 Å². The van der Waals surface area contributed by atoms with E-state index in [0.29, 0.717) is 25.2 Å². The minimum Gasteiger partial charge on any atom is -0.490 e. The molecule has 1 fully saturated rings. The maximum atomic E-state index is 11.4. The van der Waals surface area contributed by atoms with E-state index in [0.717, 1.165) is 30.8 Å². The number of ketones is 1. The lowest BCUT2D eigenvalue weighted by Crippen LogP contribution is -2.25. The highest BCUT2D eigenvalue weighted by atomic mass is 16.5. The molecule has 18 heavy (non-hydrogen) atoms. The SMILES string of the molecule is CCCOc1ccccc1OC1CCCC(=O)C1. The van der Waals surface area contributed by atoms with Crippen LogP contribution in [0.4, 0.5) is 0 Å². The van der Waals surface area contributed by atoms with Crippen LogP contribution in [0, 0.1) is 0 Å². The molecule has 1 aromatic rings. The second-order valence-corrected chi connectivity index (χ2v) is 4.67. The first-order chi connectivity index (χ1) is 8.79. The van der Waals surface area contributed by atoms with Gasteiger partial charge < -0.3 is 9.47 Å². The Labute approximate surface area is 108 Å². The summed E-state index contributed by atoms with van der Waals surface area (Å²) < 4.78 is 11.6. The van der Waals surface area contributed by atoms with Crippen LogP contribution < -0.4 is 9.47 Å². The predicted molar refractivity (Wildman–Crippen MR) is 70.1 cm³/mol. The summed E-state index contributed by atoms with van der Waals surface area (Å²) in [6, 6.07) is 7.68. The molecule has 1 unspecified atom stereocenters. The molecule has 3 heteroatoms. The molecule has 0 N–H and O–H groups in total. The van der Waals surface area contributed by atoms with E-state index in [4.69, 9.17) is 9.47 Å². The van der Waals surface area contributed by atoms with Crippen LogP contribution in [0.1, 0.15) is 39.0 Å². The number of hydrogen-bond donors (Lipinski definition) is 0. The molecule has 0 bridgehead atoms. The van der Waals surface area contributed by atoms with Gasteiger partial charge in [0.2, 0.25) is 0 Å². The van der Waals surface area contributed by atoms with E-state index in [1.54, 1.807) is 0 Å². The standard InChI is InChI=1S/C15H20O3/c1-2-10-17-14-8-3-4-9-15(14)18-13-7-5-6-12(16)11-13/h3-4,8-9,13H,2,5-7,10-11H2,1H3. The Hall–Kier alpha value is -1.51.